The van der Waals surface area contributed by atoms with Crippen molar-refractivity contribution in [2.24, 2.45) is 5.92 Å². The van der Waals surface area contributed by atoms with E-state index in [1.54, 1.807) is 0 Å². The molecule has 1 unspecified atom stereocenters. The number of rotatable bonds is 6. The second-order valence-corrected chi connectivity index (χ2v) is 5.78. The zero-order chi connectivity index (χ0) is 14.6. The molecule has 0 aromatic carbocycles. The molecule has 1 N–H and O–H groups in total. The lowest BCUT2D eigenvalue weighted by atomic mass is 10.1. The van der Waals surface area contributed by atoms with Gasteiger partial charge in [-0.25, -0.2) is 0 Å². The first-order valence-electron chi connectivity index (χ1n) is 7.17. The van der Waals surface area contributed by atoms with Gasteiger partial charge >= 0.3 is 0 Å². The van der Waals surface area contributed by atoms with Crippen LogP contribution in [0.1, 0.15) is 51.1 Å². The van der Waals surface area contributed by atoms with E-state index in [0.29, 0.717) is 12.3 Å². The molecular formula is C15H27N3O. The molecule has 4 heteroatoms. The van der Waals surface area contributed by atoms with Gasteiger partial charge in [-0.15, -0.1) is 0 Å². The Bertz CT molecular complexity index is 435. The summed E-state index contributed by atoms with van der Waals surface area (Å²) in [6.45, 7) is 13.4. The van der Waals surface area contributed by atoms with Crippen LogP contribution < -0.4 is 5.32 Å². The Hall–Kier alpha value is -1.32. The molecule has 0 spiro atoms. The average molecular weight is 265 g/mol. The van der Waals surface area contributed by atoms with Crippen molar-refractivity contribution in [2.75, 3.05) is 0 Å². The molecule has 1 amide bonds. The third-order valence-electron chi connectivity index (χ3n) is 3.43. The molecule has 0 aliphatic carbocycles. The lowest BCUT2D eigenvalue weighted by Crippen LogP contribution is -2.33. The van der Waals surface area contributed by atoms with Crippen LogP contribution >= 0.6 is 0 Å². The maximum atomic E-state index is 12.0. The van der Waals surface area contributed by atoms with E-state index in [4.69, 9.17) is 0 Å². The Balaban J connectivity index is 2.78. The van der Waals surface area contributed by atoms with Crippen molar-refractivity contribution in [2.45, 2.75) is 67.0 Å². The Kier molecular flexibility index (Phi) is 5.58. The number of amides is 1. The first kappa shape index (κ1) is 15.7. The number of aromatic nitrogens is 2. The van der Waals surface area contributed by atoms with Gasteiger partial charge in [-0.2, -0.15) is 5.10 Å². The van der Waals surface area contributed by atoms with E-state index in [0.717, 1.165) is 29.9 Å². The number of aryl methyl sites for hydroxylation is 1. The summed E-state index contributed by atoms with van der Waals surface area (Å²) < 4.78 is 2.02. The fourth-order valence-corrected chi connectivity index (χ4v) is 2.10. The maximum absolute atomic E-state index is 12.0. The van der Waals surface area contributed by atoms with Crippen LogP contribution in [-0.2, 0) is 17.8 Å². The molecule has 1 aromatic heterocycles. The fraction of sp³-hybridized carbons (Fsp3) is 0.733. The van der Waals surface area contributed by atoms with Crippen LogP contribution in [0.3, 0.4) is 0 Å². The second-order valence-electron chi connectivity index (χ2n) is 5.78. The number of nitrogens with zero attached hydrogens (tertiary/aromatic N) is 2. The molecule has 0 bridgehead atoms. The SMILES string of the molecule is CCC(C)NC(=O)Cc1c(C)nn(CC(C)C)c1C. The van der Waals surface area contributed by atoms with E-state index in [9.17, 15) is 4.79 Å². The Morgan fingerprint density at radius 1 is 1.32 bits per heavy atom. The van der Waals surface area contributed by atoms with Crippen LogP contribution in [0.2, 0.25) is 0 Å². The number of hydrogen-bond acceptors (Lipinski definition) is 2. The van der Waals surface area contributed by atoms with Gasteiger partial charge in [0.15, 0.2) is 0 Å². The van der Waals surface area contributed by atoms with Crippen LogP contribution in [0.15, 0.2) is 0 Å². The Morgan fingerprint density at radius 3 is 2.47 bits per heavy atom. The molecule has 0 fully saturated rings. The van der Waals surface area contributed by atoms with Crippen molar-refractivity contribution in [3.63, 3.8) is 0 Å². The number of hydrogen-bond donors (Lipinski definition) is 1. The quantitative estimate of drug-likeness (QED) is 0.859. The zero-order valence-electron chi connectivity index (χ0n) is 13.1. The molecule has 0 saturated carbocycles. The van der Waals surface area contributed by atoms with Crippen molar-refractivity contribution >= 4 is 5.91 Å². The third kappa shape index (κ3) is 4.37. The summed E-state index contributed by atoms with van der Waals surface area (Å²) in [7, 11) is 0. The number of carbonyl (C=O) groups is 1. The summed E-state index contributed by atoms with van der Waals surface area (Å²) in [5.41, 5.74) is 3.16. The minimum Gasteiger partial charge on any atom is -0.353 e. The first-order chi connectivity index (χ1) is 8.85. The standard InChI is InChI=1S/C15H27N3O/c1-7-11(4)16-15(19)8-14-12(5)17-18(13(14)6)9-10(2)3/h10-11H,7-9H2,1-6H3,(H,16,19). The molecule has 19 heavy (non-hydrogen) atoms. The maximum Gasteiger partial charge on any atom is 0.224 e. The summed E-state index contributed by atoms with van der Waals surface area (Å²) in [6.07, 6.45) is 1.39. The van der Waals surface area contributed by atoms with Gasteiger partial charge in [0.05, 0.1) is 12.1 Å². The van der Waals surface area contributed by atoms with Gasteiger partial charge in [0.1, 0.15) is 0 Å². The highest BCUT2D eigenvalue weighted by Gasteiger charge is 2.16. The highest BCUT2D eigenvalue weighted by Crippen LogP contribution is 2.15. The van der Waals surface area contributed by atoms with Crippen molar-refractivity contribution < 1.29 is 4.79 Å². The summed E-state index contributed by atoms with van der Waals surface area (Å²) in [4.78, 5) is 12.0. The first-order valence-corrected chi connectivity index (χ1v) is 7.17. The monoisotopic (exact) mass is 265 g/mol. The number of nitrogens with one attached hydrogen (secondary N) is 1. The lowest BCUT2D eigenvalue weighted by Gasteiger charge is -2.11. The summed E-state index contributed by atoms with van der Waals surface area (Å²) in [6, 6.07) is 0.235. The molecule has 0 radical (unpaired) electrons. The number of carbonyl (C=O) groups excluding carboxylic acids is 1. The zero-order valence-corrected chi connectivity index (χ0v) is 13.1. The van der Waals surface area contributed by atoms with Gasteiger partial charge in [-0.3, -0.25) is 9.48 Å². The third-order valence-corrected chi connectivity index (χ3v) is 3.43. The van der Waals surface area contributed by atoms with Crippen LogP contribution in [0.5, 0.6) is 0 Å². The van der Waals surface area contributed by atoms with Crippen molar-refractivity contribution in [1.29, 1.82) is 0 Å². The molecule has 1 atom stereocenters. The predicted octanol–water partition coefficient (Wildman–Crippen LogP) is 2.61. The molecule has 4 nitrogen and oxygen atoms in total. The molecule has 1 aromatic rings. The summed E-state index contributed by atoms with van der Waals surface area (Å²) in [5, 5.41) is 7.55. The van der Waals surface area contributed by atoms with Gasteiger partial charge in [0.2, 0.25) is 5.91 Å². The molecule has 1 heterocycles. The van der Waals surface area contributed by atoms with Crippen molar-refractivity contribution in [3.05, 3.63) is 17.0 Å². The minimum atomic E-state index is 0.0876. The van der Waals surface area contributed by atoms with E-state index >= 15 is 0 Å². The molecule has 0 aliphatic heterocycles. The van der Waals surface area contributed by atoms with Gasteiger partial charge in [0, 0.05) is 23.8 Å². The lowest BCUT2D eigenvalue weighted by molar-refractivity contribution is -0.121. The minimum absolute atomic E-state index is 0.0876. The highest BCUT2D eigenvalue weighted by atomic mass is 16.1. The fourth-order valence-electron chi connectivity index (χ4n) is 2.10. The average Bonchev–Trinajstić information content (AvgIpc) is 2.56. The molecule has 0 aliphatic rings. The molecular weight excluding hydrogens is 238 g/mol. The summed E-state index contributed by atoms with van der Waals surface area (Å²) >= 11 is 0. The van der Waals surface area contributed by atoms with Crippen molar-refractivity contribution in [1.82, 2.24) is 15.1 Å². The van der Waals surface area contributed by atoms with Crippen LogP contribution in [0.25, 0.3) is 0 Å². The van der Waals surface area contributed by atoms with E-state index in [-0.39, 0.29) is 11.9 Å². The van der Waals surface area contributed by atoms with Crippen LogP contribution in [0.4, 0.5) is 0 Å². The van der Waals surface area contributed by atoms with E-state index in [2.05, 4.69) is 31.2 Å². The Morgan fingerprint density at radius 2 is 1.95 bits per heavy atom. The van der Waals surface area contributed by atoms with Crippen LogP contribution in [-0.4, -0.2) is 21.7 Å². The van der Waals surface area contributed by atoms with Crippen LogP contribution in [0, 0.1) is 19.8 Å². The Labute approximate surface area is 116 Å². The highest BCUT2D eigenvalue weighted by molar-refractivity contribution is 5.79. The molecule has 0 saturated heterocycles. The van der Waals surface area contributed by atoms with E-state index < -0.39 is 0 Å². The normalized spacial score (nSPS) is 12.8. The van der Waals surface area contributed by atoms with E-state index in [1.165, 1.54) is 0 Å². The molecule has 1 rings (SSSR count). The largest absolute Gasteiger partial charge is 0.353 e. The smallest absolute Gasteiger partial charge is 0.224 e. The van der Waals surface area contributed by atoms with Gasteiger partial charge in [-0.1, -0.05) is 20.8 Å². The summed E-state index contributed by atoms with van der Waals surface area (Å²) in [5.74, 6) is 0.643. The van der Waals surface area contributed by atoms with Crippen molar-refractivity contribution in [3.8, 4) is 0 Å². The van der Waals surface area contributed by atoms with Gasteiger partial charge in [0.25, 0.3) is 0 Å². The second kappa shape index (κ2) is 6.73. The van der Waals surface area contributed by atoms with Gasteiger partial charge < -0.3 is 5.32 Å². The topological polar surface area (TPSA) is 46.9 Å². The van der Waals surface area contributed by atoms with E-state index in [1.807, 2.05) is 25.5 Å². The predicted molar refractivity (Wildman–Crippen MR) is 78.1 cm³/mol. The van der Waals surface area contributed by atoms with Gasteiger partial charge in [-0.05, 0) is 33.1 Å². The molecule has 108 valence electrons.